The van der Waals surface area contributed by atoms with Gasteiger partial charge in [-0.3, -0.25) is 9.59 Å². The van der Waals surface area contributed by atoms with Gasteiger partial charge in [0.2, 0.25) is 6.21 Å². The van der Waals surface area contributed by atoms with Crippen molar-refractivity contribution < 1.29 is 28.7 Å². The van der Waals surface area contributed by atoms with Gasteiger partial charge in [-0.25, -0.2) is 9.72 Å². The largest absolute Gasteiger partial charge is 0.624 e. The fraction of sp³-hybridized carbons (Fsp3) is 0.500. The summed E-state index contributed by atoms with van der Waals surface area (Å²) in [4.78, 5) is 35.4. The Morgan fingerprint density at radius 3 is 2.43 bits per heavy atom. The van der Waals surface area contributed by atoms with E-state index in [1.807, 2.05) is 0 Å². The molecule has 0 saturated carbocycles. The first-order chi connectivity index (χ1) is 10.8. The van der Waals surface area contributed by atoms with E-state index in [1.54, 1.807) is 0 Å². The topological polar surface area (TPSA) is 140 Å². The molecule has 0 spiro atoms. The number of ether oxygens (including phenoxy) is 2. The molecule has 1 heterocycles. The van der Waals surface area contributed by atoms with E-state index >= 15 is 0 Å². The summed E-state index contributed by atoms with van der Waals surface area (Å²) >= 11 is 0. The molecule has 0 aromatic carbocycles. The van der Waals surface area contributed by atoms with E-state index in [9.17, 15) is 24.9 Å². The van der Waals surface area contributed by atoms with Crippen LogP contribution in [-0.2, 0) is 25.6 Å². The lowest BCUT2D eigenvalue weighted by Gasteiger charge is -2.05. The Bertz CT molecular complexity index is 623. The van der Waals surface area contributed by atoms with Crippen molar-refractivity contribution in [2.75, 3.05) is 19.8 Å². The Labute approximate surface area is 130 Å². The first-order valence-corrected chi connectivity index (χ1v) is 6.56. The van der Waals surface area contributed by atoms with Gasteiger partial charge >= 0.3 is 17.8 Å². The zero-order valence-electron chi connectivity index (χ0n) is 12.6. The Balaban J connectivity index is 2.85. The zero-order valence-corrected chi connectivity index (χ0v) is 12.6. The van der Waals surface area contributed by atoms with Crippen LogP contribution in [0, 0.1) is 15.3 Å². The first kappa shape index (κ1) is 18.1. The van der Waals surface area contributed by atoms with Crippen LogP contribution in [0.1, 0.15) is 19.7 Å². The third kappa shape index (κ3) is 6.11. The van der Waals surface area contributed by atoms with E-state index in [0.717, 1.165) is 17.0 Å². The summed E-state index contributed by atoms with van der Waals surface area (Å²) in [6.45, 7) is 2.03. The number of hydroxylamine groups is 1. The highest BCUT2D eigenvalue weighted by atomic mass is 16.6. The molecule has 0 aliphatic carbocycles. The SMILES string of the molecule is CC(=O)OCCn1c([N+](=O)[O-])cnc1/C=[N+](\[O-])CCOC(C)=O. The number of nitrogens with zero attached hydrogens (tertiary/aromatic N) is 4. The quantitative estimate of drug-likeness (QED) is 0.160. The van der Waals surface area contributed by atoms with Crippen molar-refractivity contribution in [2.24, 2.45) is 0 Å². The zero-order chi connectivity index (χ0) is 17.4. The van der Waals surface area contributed by atoms with Crippen molar-refractivity contribution in [2.45, 2.75) is 20.4 Å². The Hall–Kier alpha value is -2.98. The molecular formula is C12H16N4O7. The van der Waals surface area contributed by atoms with Gasteiger partial charge in [0.05, 0.1) is 0 Å². The number of esters is 2. The van der Waals surface area contributed by atoms with Gasteiger partial charge < -0.3 is 24.8 Å². The molecule has 1 rings (SSSR count). The summed E-state index contributed by atoms with van der Waals surface area (Å²) in [6, 6.07) is 0. The van der Waals surface area contributed by atoms with Crippen molar-refractivity contribution in [1.82, 2.24) is 9.55 Å². The van der Waals surface area contributed by atoms with Gasteiger partial charge in [0.25, 0.3) is 5.82 Å². The molecule has 126 valence electrons. The van der Waals surface area contributed by atoms with Gasteiger partial charge in [-0.15, -0.1) is 0 Å². The Morgan fingerprint density at radius 2 is 1.87 bits per heavy atom. The van der Waals surface area contributed by atoms with E-state index in [1.165, 1.54) is 13.8 Å². The molecule has 0 N–H and O–H groups in total. The third-order valence-electron chi connectivity index (χ3n) is 2.55. The van der Waals surface area contributed by atoms with Crippen LogP contribution in [0.25, 0.3) is 0 Å². The molecule has 23 heavy (non-hydrogen) atoms. The lowest BCUT2D eigenvalue weighted by atomic mass is 10.5. The van der Waals surface area contributed by atoms with Crippen molar-refractivity contribution >= 4 is 24.0 Å². The summed E-state index contributed by atoms with van der Waals surface area (Å²) < 4.78 is 10.9. The highest BCUT2D eigenvalue weighted by molar-refractivity contribution is 5.71. The van der Waals surface area contributed by atoms with Crippen molar-refractivity contribution in [1.29, 1.82) is 0 Å². The normalized spacial score (nSPS) is 11.1. The monoisotopic (exact) mass is 328 g/mol. The number of carbonyl (C=O) groups is 2. The number of imidazole rings is 1. The molecule has 0 atom stereocenters. The highest BCUT2D eigenvalue weighted by Crippen LogP contribution is 2.12. The smallest absolute Gasteiger partial charge is 0.343 e. The van der Waals surface area contributed by atoms with E-state index in [2.05, 4.69) is 9.72 Å². The number of hydrogen-bond acceptors (Lipinski definition) is 8. The second kappa shape index (κ2) is 8.46. The minimum Gasteiger partial charge on any atom is -0.624 e. The maximum atomic E-state index is 11.7. The van der Waals surface area contributed by atoms with Crippen LogP contribution in [0.15, 0.2) is 6.20 Å². The van der Waals surface area contributed by atoms with E-state index < -0.39 is 16.9 Å². The summed E-state index contributed by atoms with van der Waals surface area (Å²) in [6.07, 6.45) is 2.03. The van der Waals surface area contributed by atoms with Gasteiger partial charge in [0.15, 0.2) is 13.2 Å². The molecule has 0 aliphatic rings. The summed E-state index contributed by atoms with van der Waals surface area (Å²) in [5, 5.41) is 22.6. The van der Waals surface area contributed by atoms with E-state index in [-0.39, 0.29) is 37.9 Å². The third-order valence-corrected chi connectivity index (χ3v) is 2.55. The second-order valence-corrected chi connectivity index (χ2v) is 4.33. The summed E-state index contributed by atoms with van der Waals surface area (Å²) in [7, 11) is 0. The number of aromatic nitrogens is 2. The van der Waals surface area contributed by atoms with Gasteiger partial charge in [0.1, 0.15) is 19.3 Å². The van der Waals surface area contributed by atoms with Gasteiger partial charge in [-0.05, 0) is 4.92 Å². The second-order valence-electron chi connectivity index (χ2n) is 4.33. The molecule has 0 amide bonds. The van der Waals surface area contributed by atoms with Crippen LogP contribution in [0.3, 0.4) is 0 Å². The molecule has 0 unspecified atom stereocenters. The van der Waals surface area contributed by atoms with Crippen molar-refractivity contribution in [3.63, 3.8) is 0 Å². The minimum absolute atomic E-state index is 0.0283. The predicted molar refractivity (Wildman–Crippen MR) is 75.8 cm³/mol. The van der Waals surface area contributed by atoms with Gasteiger partial charge in [-0.1, -0.05) is 0 Å². The molecule has 0 radical (unpaired) electrons. The van der Waals surface area contributed by atoms with Crippen LogP contribution < -0.4 is 0 Å². The Kier molecular flexibility index (Phi) is 6.65. The lowest BCUT2D eigenvalue weighted by molar-refractivity contribution is -0.455. The van der Waals surface area contributed by atoms with Crippen molar-refractivity contribution in [3.05, 3.63) is 27.3 Å². The molecule has 0 fully saturated rings. The number of rotatable bonds is 8. The molecule has 0 aliphatic heterocycles. The molecule has 11 heteroatoms. The summed E-state index contributed by atoms with van der Waals surface area (Å²) in [5.74, 6) is -1.35. The average Bonchev–Trinajstić information content (AvgIpc) is 2.81. The molecule has 11 nitrogen and oxygen atoms in total. The van der Waals surface area contributed by atoms with Crippen molar-refractivity contribution in [3.8, 4) is 0 Å². The fourth-order valence-corrected chi connectivity index (χ4v) is 1.61. The van der Waals surface area contributed by atoms with E-state index in [0.29, 0.717) is 4.74 Å². The minimum atomic E-state index is -0.661. The highest BCUT2D eigenvalue weighted by Gasteiger charge is 2.21. The van der Waals surface area contributed by atoms with Gasteiger partial charge in [-0.2, -0.15) is 4.57 Å². The first-order valence-electron chi connectivity index (χ1n) is 6.56. The fourth-order valence-electron chi connectivity index (χ4n) is 1.61. The van der Waals surface area contributed by atoms with Crippen LogP contribution >= 0.6 is 0 Å². The number of nitro groups is 1. The molecular weight excluding hydrogens is 312 g/mol. The molecule has 0 bridgehead atoms. The standard InChI is InChI=1S/C12H16N4O7/c1-9(17)22-5-3-14(19)8-11-13-7-12(16(20)21)15(11)4-6-23-10(2)18/h7-8H,3-6H2,1-2H3/b14-8-. The molecule has 1 aromatic heterocycles. The van der Waals surface area contributed by atoms with Gasteiger partial charge in [0, 0.05) is 13.8 Å². The summed E-state index contributed by atoms with van der Waals surface area (Å²) in [5.41, 5.74) is 0. The lowest BCUT2D eigenvalue weighted by Crippen LogP contribution is -2.18. The van der Waals surface area contributed by atoms with Crippen LogP contribution in [0.4, 0.5) is 5.82 Å². The Morgan fingerprint density at radius 1 is 1.26 bits per heavy atom. The predicted octanol–water partition coefficient (Wildman–Crippen LogP) is -0.153. The number of carbonyl (C=O) groups excluding carboxylic acids is 2. The van der Waals surface area contributed by atoms with Crippen LogP contribution in [-0.4, -0.2) is 57.1 Å². The van der Waals surface area contributed by atoms with Crippen LogP contribution in [0.2, 0.25) is 0 Å². The maximum absolute atomic E-state index is 11.7. The molecule has 1 aromatic rings. The van der Waals surface area contributed by atoms with E-state index in [4.69, 9.17) is 4.74 Å². The average molecular weight is 328 g/mol. The number of hydrogen-bond donors (Lipinski definition) is 0. The maximum Gasteiger partial charge on any atom is 0.343 e. The van der Waals surface area contributed by atoms with Crippen LogP contribution in [0.5, 0.6) is 0 Å². The molecule has 0 saturated heterocycles.